The van der Waals surface area contributed by atoms with Crippen molar-refractivity contribution in [1.29, 1.82) is 0 Å². The van der Waals surface area contributed by atoms with E-state index in [1.165, 1.54) is 18.2 Å². The zero-order valence-electron chi connectivity index (χ0n) is 11.7. The highest BCUT2D eigenvalue weighted by Crippen LogP contribution is 2.22. The van der Waals surface area contributed by atoms with Crippen LogP contribution in [0.25, 0.3) is 0 Å². The minimum atomic E-state index is -3.46. The van der Waals surface area contributed by atoms with Crippen molar-refractivity contribution in [2.24, 2.45) is 0 Å². The van der Waals surface area contributed by atoms with E-state index >= 15 is 0 Å². The van der Waals surface area contributed by atoms with Gasteiger partial charge in [0.05, 0.1) is 10.7 Å². The Bertz CT molecular complexity index is 584. The highest BCUT2D eigenvalue weighted by atomic mass is 32.2. The van der Waals surface area contributed by atoms with E-state index in [9.17, 15) is 18.5 Å². The molecule has 2 N–H and O–H groups in total. The third-order valence-corrected chi connectivity index (χ3v) is 3.88. The second kappa shape index (κ2) is 6.67. The predicted octanol–water partition coefficient (Wildman–Crippen LogP) is 1.64. The van der Waals surface area contributed by atoms with Crippen LogP contribution in [-0.4, -0.2) is 31.7 Å². The van der Waals surface area contributed by atoms with E-state index in [-0.39, 0.29) is 17.5 Å². The van der Waals surface area contributed by atoms with Crippen LogP contribution < -0.4 is 10.0 Å². The number of rotatable bonds is 7. The van der Waals surface area contributed by atoms with Crippen LogP contribution in [0.4, 0.5) is 11.4 Å². The van der Waals surface area contributed by atoms with Crippen LogP contribution >= 0.6 is 0 Å². The van der Waals surface area contributed by atoms with E-state index in [0.717, 1.165) is 0 Å². The molecule has 7 nitrogen and oxygen atoms in total. The summed E-state index contributed by atoms with van der Waals surface area (Å²) in [6.07, 6.45) is 0. The molecule has 0 aliphatic rings. The van der Waals surface area contributed by atoms with Crippen LogP contribution in [0.15, 0.2) is 18.2 Å². The molecule has 0 saturated heterocycles. The molecule has 8 heteroatoms. The largest absolute Gasteiger partial charge is 0.313 e. The Morgan fingerprint density at radius 2 is 2.00 bits per heavy atom. The van der Waals surface area contributed by atoms with Gasteiger partial charge in [-0.1, -0.05) is 13.8 Å². The molecule has 0 fully saturated rings. The van der Waals surface area contributed by atoms with Gasteiger partial charge < -0.3 is 5.32 Å². The van der Waals surface area contributed by atoms with Crippen molar-refractivity contribution in [3.8, 4) is 0 Å². The van der Waals surface area contributed by atoms with Crippen LogP contribution in [-0.2, 0) is 10.0 Å². The van der Waals surface area contributed by atoms with Gasteiger partial charge >= 0.3 is 0 Å². The molecular weight excluding hydrogens is 282 g/mol. The topological polar surface area (TPSA) is 101 Å². The fraction of sp³-hybridized carbons (Fsp3) is 0.500. The molecule has 1 aromatic rings. The summed E-state index contributed by atoms with van der Waals surface area (Å²) in [5.41, 5.74) is 0.711. The fourth-order valence-electron chi connectivity index (χ4n) is 1.64. The third-order valence-electron chi connectivity index (χ3n) is 2.59. The van der Waals surface area contributed by atoms with E-state index in [2.05, 4.69) is 10.0 Å². The summed E-state index contributed by atoms with van der Waals surface area (Å²) in [6.45, 7) is 5.77. The van der Waals surface area contributed by atoms with Crippen molar-refractivity contribution in [2.45, 2.75) is 26.8 Å². The Morgan fingerprint density at radius 3 is 2.50 bits per heavy atom. The van der Waals surface area contributed by atoms with Gasteiger partial charge in [-0.2, -0.15) is 0 Å². The molecule has 0 unspecified atom stereocenters. The van der Waals surface area contributed by atoms with Gasteiger partial charge in [-0.15, -0.1) is 0 Å². The van der Waals surface area contributed by atoms with Crippen LogP contribution in [0.5, 0.6) is 0 Å². The predicted molar refractivity (Wildman–Crippen MR) is 78.4 cm³/mol. The molecule has 0 radical (unpaired) electrons. The SMILES string of the molecule is Cc1cc(NS(=O)(=O)CCNC(C)C)ccc1[N+](=O)[O-]. The second-order valence-electron chi connectivity index (χ2n) is 4.79. The van der Waals surface area contributed by atoms with E-state index in [1.807, 2.05) is 13.8 Å². The molecule has 0 spiro atoms. The number of nitro groups is 1. The number of sulfonamides is 1. The van der Waals surface area contributed by atoms with Crippen LogP contribution in [0.1, 0.15) is 19.4 Å². The lowest BCUT2D eigenvalue weighted by molar-refractivity contribution is -0.385. The third kappa shape index (κ3) is 5.14. The monoisotopic (exact) mass is 301 g/mol. The quantitative estimate of drug-likeness (QED) is 0.589. The van der Waals surface area contributed by atoms with E-state index in [0.29, 0.717) is 17.8 Å². The first-order chi connectivity index (χ1) is 9.21. The van der Waals surface area contributed by atoms with E-state index in [4.69, 9.17) is 0 Å². The minimum absolute atomic E-state index is 0.0329. The zero-order valence-corrected chi connectivity index (χ0v) is 12.5. The molecule has 112 valence electrons. The van der Waals surface area contributed by atoms with Gasteiger partial charge in [0.25, 0.3) is 5.69 Å². The number of hydrogen-bond acceptors (Lipinski definition) is 5. The minimum Gasteiger partial charge on any atom is -0.313 e. The second-order valence-corrected chi connectivity index (χ2v) is 6.63. The molecule has 0 bridgehead atoms. The lowest BCUT2D eigenvalue weighted by atomic mass is 10.2. The summed E-state index contributed by atoms with van der Waals surface area (Å²) < 4.78 is 26.1. The van der Waals surface area contributed by atoms with Crippen molar-refractivity contribution < 1.29 is 13.3 Å². The molecule has 1 aromatic carbocycles. The van der Waals surface area contributed by atoms with Crippen molar-refractivity contribution in [3.05, 3.63) is 33.9 Å². The number of aryl methyl sites for hydroxylation is 1. The van der Waals surface area contributed by atoms with Gasteiger partial charge in [-0.3, -0.25) is 14.8 Å². The highest BCUT2D eigenvalue weighted by molar-refractivity contribution is 7.92. The Hall–Kier alpha value is -1.67. The smallest absolute Gasteiger partial charge is 0.272 e. The Labute approximate surface area is 118 Å². The summed E-state index contributed by atoms with van der Waals surface area (Å²) in [7, 11) is -3.46. The normalized spacial score (nSPS) is 11.6. The van der Waals surface area contributed by atoms with Gasteiger partial charge in [0.2, 0.25) is 10.0 Å². The zero-order chi connectivity index (χ0) is 15.3. The van der Waals surface area contributed by atoms with E-state index in [1.54, 1.807) is 6.92 Å². The number of anilines is 1. The molecule has 0 saturated carbocycles. The number of benzene rings is 1. The average Bonchev–Trinajstić information content (AvgIpc) is 2.26. The van der Waals surface area contributed by atoms with Crippen LogP contribution in [0.3, 0.4) is 0 Å². The van der Waals surface area contributed by atoms with Gasteiger partial charge in [0.15, 0.2) is 0 Å². The summed E-state index contributed by atoms with van der Waals surface area (Å²) in [5, 5.41) is 13.7. The fourth-order valence-corrected chi connectivity index (χ4v) is 2.61. The summed E-state index contributed by atoms with van der Waals surface area (Å²) in [5.74, 6) is -0.0544. The Morgan fingerprint density at radius 1 is 1.35 bits per heavy atom. The first-order valence-electron chi connectivity index (χ1n) is 6.20. The lowest BCUT2D eigenvalue weighted by Crippen LogP contribution is -2.30. The number of nitrogens with zero attached hydrogens (tertiary/aromatic N) is 1. The average molecular weight is 301 g/mol. The molecule has 0 aromatic heterocycles. The first-order valence-corrected chi connectivity index (χ1v) is 7.85. The van der Waals surface area contributed by atoms with Gasteiger partial charge in [0, 0.05) is 29.9 Å². The number of hydrogen-bond donors (Lipinski definition) is 2. The van der Waals surface area contributed by atoms with Gasteiger partial charge in [-0.05, 0) is 19.1 Å². The molecule has 0 amide bonds. The van der Waals surface area contributed by atoms with Crippen molar-refractivity contribution >= 4 is 21.4 Å². The first kappa shape index (κ1) is 16.4. The van der Waals surface area contributed by atoms with Gasteiger partial charge in [-0.25, -0.2) is 8.42 Å². The lowest BCUT2D eigenvalue weighted by Gasteiger charge is -2.11. The summed E-state index contributed by atoms with van der Waals surface area (Å²) >= 11 is 0. The van der Waals surface area contributed by atoms with Crippen molar-refractivity contribution in [3.63, 3.8) is 0 Å². The number of nitrogens with one attached hydrogen (secondary N) is 2. The van der Waals surface area contributed by atoms with Crippen molar-refractivity contribution in [1.82, 2.24) is 5.32 Å². The maximum absolute atomic E-state index is 11.8. The summed E-state index contributed by atoms with van der Waals surface area (Å²) in [6, 6.07) is 4.34. The van der Waals surface area contributed by atoms with Crippen molar-refractivity contribution in [2.75, 3.05) is 17.0 Å². The molecular formula is C12H19N3O4S. The van der Waals surface area contributed by atoms with E-state index < -0.39 is 14.9 Å². The maximum atomic E-state index is 11.8. The Kier molecular flexibility index (Phi) is 5.46. The Balaban J connectivity index is 2.73. The highest BCUT2D eigenvalue weighted by Gasteiger charge is 2.14. The number of nitro benzene ring substituents is 1. The van der Waals surface area contributed by atoms with Crippen LogP contribution in [0.2, 0.25) is 0 Å². The standard InChI is InChI=1S/C12H19N3O4S/c1-9(2)13-6-7-20(18,19)14-11-4-5-12(15(16)17)10(3)8-11/h4-5,8-9,13-14H,6-7H2,1-3H3. The molecule has 0 heterocycles. The molecule has 0 aliphatic carbocycles. The molecule has 20 heavy (non-hydrogen) atoms. The maximum Gasteiger partial charge on any atom is 0.272 e. The molecule has 0 aliphatic heterocycles. The van der Waals surface area contributed by atoms with Gasteiger partial charge in [0.1, 0.15) is 0 Å². The molecule has 1 rings (SSSR count). The summed E-state index contributed by atoms with van der Waals surface area (Å²) in [4.78, 5) is 10.2. The van der Waals surface area contributed by atoms with Crippen LogP contribution in [0, 0.1) is 17.0 Å². The molecule has 0 atom stereocenters.